The van der Waals surface area contributed by atoms with E-state index in [1.54, 1.807) is 31.2 Å². The standard InChI is InChI=1S/C32H54O7Si/c1-20(27(33)22(3)28(34)23(4)39-40(11,12)31(6,7)8)18-19-26-21(2)29(38-32(9,10)37-26)24(5)36-30(35)25-16-14-13-15-17-25/h13-17,20-24,26,28-29,34H,18-19H2,1-12H3/t20-,21-,22+,23-,24+,26-,28-,29+/m0/s1. The second-order valence-electron chi connectivity index (χ2n) is 13.7. The van der Waals surface area contributed by atoms with E-state index in [1.807, 2.05) is 47.6 Å². The first-order valence-electron chi connectivity index (χ1n) is 14.8. The van der Waals surface area contributed by atoms with Gasteiger partial charge in [-0.3, -0.25) is 4.79 Å². The Labute approximate surface area is 243 Å². The van der Waals surface area contributed by atoms with Crippen LogP contribution in [0.3, 0.4) is 0 Å². The Kier molecular flexibility index (Phi) is 11.8. The third-order valence-corrected chi connectivity index (χ3v) is 13.4. The van der Waals surface area contributed by atoms with Gasteiger partial charge in [-0.15, -0.1) is 0 Å². The van der Waals surface area contributed by atoms with Crippen molar-refractivity contribution in [1.29, 1.82) is 0 Å². The summed E-state index contributed by atoms with van der Waals surface area (Å²) in [6.07, 6.45) is -1.05. The second-order valence-corrected chi connectivity index (χ2v) is 18.5. The van der Waals surface area contributed by atoms with Crippen LogP contribution in [0.1, 0.15) is 92.4 Å². The fraction of sp³-hybridized carbons (Fsp3) is 0.750. The van der Waals surface area contributed by atoms with Gasteiger partial charge in [-0.25, -0.2) is 4.79 Å². The van der Waals surface area contributed by atoms with Crippen LogP contribution in [0.15, 0.2) is 30.3 Å². The van der Waals surface area contributed by atoms with Gasteiger partial charge in [0.25, 0.3) is 0 Å². The molecule has 228 valence electrons. The molecule has 0 saturated carbocycles. The van der Waals surface area contributed by atoms with E-state index >= 15 is 0 Å². The van der Waals surface area contributed by atoms with Gasteiger partial charge in [-0.1, -0.05) is 59.7 Å². The van der Waals surface area contributed by atoms with Crippen molar-refractivity contribution in [3.8, 4) is 0 Å². The third kappa shape index (κ3) is 8.96. The molecule has 7 nitrogen and oxygen atoms in total. The van der Waals surface area contributed by atoms with Gasteiger partial charge >= 0.3 is 5.97 Å². The molecule has 1 aliphatic heterocycles. The Morgan fingerprint density at radius 3 is 2.17 bits per heavy atom. The highest BCUT2D eigenvalue weighted by Gasteiger charge is 2.45. The maximum atomic E-state index is 13.3. The summed E-state index contributed by atoms with van der Waals surface area (Å²) in [7, 11) is -2.07. The minimum Gasteiger partial charge on any atom is -0.456 e. The van der Waals surface area contributed by atoms with Crippen LogP contribution in [-0.4, -0.2) is 61.5 Å². The fourth-order valence-corrected chi connectivity index (χ4v) is 6.58. The van der Waals surface area contributed by atoms with E-state index in [0.29, 0.717) is 18.4 Å². The minimum absolute atomic E-state index is 0.0188. The molecule has 0 aromatic heterocycles. The molecule has 0 bridgehead atoms. The SMILES string of the molecule is C[C@@H]1[C@H]([C@@H](C)OC(=O)c2ccccc2)OC(C)(C)O[C@H]1CC[C@H](C)C(=O)[C@@H](C)[C@H](O)[C@H](C)O[Si](C)(C)C(C)(C)C. The topological polar surface area (TPSA) is 91.3 Å². The summed E-state index contributed by atoms with van der Waals surface area (Å²) in [6, 6.07) is 8.92. The average Bonchev–Trinajstić information content (AvgIpc) is 2.86. The molecule has 0 radical (unpaired) electrons. The van der Waals surface area contributed by atoms with E-state index in [4.69, 9.17) is 18.6 Å². The molecular weight excluding hydrogens is 524 g/mol. The lowest BCUT2D eigenvalue weighted by Crippen LogP contribution is -2.54. The number of Topliss-reactive ketones (excluding diaryl/α,β-unsaturated/α-hetero) is 1. The lowest BCUT2D eigenvalue weighted by Gasteiger charge is -2.46. The Morgan fingerprint density at radius 1 is 1.05 bits per heavy atom. The van der Waals surface area contributed by atoms with Crippen molar-refractivity contribution in [3.05, 3.63) is 35.9 Å². The number of esters is 1. The van der Waals surface area contributed by atoms with E-state index < -0.39 is 38.3 Å². The summed E-state index contributed by atoms with van der Waals surface area (Å²) in [5, 5.41) is 11.0. The van der Waals surface area contributed by atoms with Crippen LogP contribution < -0.4 is 0 Å². The molecule has 1 N–H and O–H groups in total. The van der Waals surface area contributed by atoms with Crippen molar-refractivity contribution in [1.82, 2.24) is 0 Å². The second kappa shape index (κ2) is 13.6. The molecule has 1 heterocycles. The molecule has 1 fully saturated rings. The Hall–Kier alpha value is -1.58. The Morgan fingerprint density at radius 2 is 1.62 bits per heavy atom. The van der Waals surface area contributed by atoms with E-state index in [0.717, 1.165) is 0 Å². The molecule has 0 aliphatic carbocycles. The summed E-state index contributed by atoms with van der Waals surface area (Å²) >= 11 is 0. The zero-order valence-electron chi connectivity index (χ0n) is 26.8. The van der Waals surface area contributed by atoms with Gasteiger partial charge in [0.15, 0.2) is 14.1 Å². The van der Waals surface area contributed by atoms with Crippen molar-refractivity contribution in [2.24, 2.45) is 17.8 Å². The quantitative estimate of drug-likeness (QED) is 0.216. The number of ether oxygens (including phenoxy) is 3. The van der Waals surface area contributed by atoms with Gasteiger partial charge in [0.05, 0.1) is 23.9 Å². The molecule has 8 atom stereocenters. The van der Waals surface area contributed by atoms with Crippen molar-refractivity contribution < 1.29 is 33.3 Å². The smallest absolute Gasteiger partial charge is 0.338 e. The number of rotatable bonds is 12. The molecule has 0 unspecified atom stereocenters. The minimum atomic E-state index is -2.07. The van der Waals surface area contributed by atoms with Crippen molar-refractivity contribution >= 4 is 20.1 Å². The number of carbonyl (C=O) groups is 2. The lowest BCUT2D eigenvalue weighted by molar-refractivity contribution is -0.331. The van der Waals surface area contributed by atoms with Gasteiger partial charge in [0, 0.05) is 17.8 Å². The number of benzene rings is 1. The van der Waals surface area contributed by atoms with Gasteiger partial charge in [-0.2, -0.15) is 0 Å². The average molecular weight is 579 g/mol. The van der Waals surface area contributed by atoms with Crippen LogP contribution in [0, 0.1) is 17.8 Å². The largest absolute Gasteiger partial charge is 0.456 e. The molecule has 40 heavy (non-hydrogen) atoms. The van der Waals surface area contributed by atoms with Crippen LogP contribution in [0.5, 0.6) is 0 Å². The molecule has 0 spiro atoms. The number of carbonyl (C=O) groups excluding carboxylic acids is 2. The zero-order valence-corrected chi connectivity index (χ0v) is 27.8. The Balaban J connectivity index is 2.00. The summed E-state index contributed by atoms with van der Waals surface area (Å²) in [5.74, 6) is -2.07. The maximum absolute atomic E-state index is 13.3. The molecular formula is C32H54O7Si. The van der Waals surface area contributed by atoms with Crippen molar-refractivity contribution in [2.45, 2.75) is 137 Å². The van der Waals surface area contributed by atoms with Crippen LogP contribution >= 0.6 is 0 Å². The molecule has 1 aromatic carbocycles. The number of aliphatic hydroxyl groups excluding tert-OH is 1. The highest BCUT2D eigenvalue weighted by molar-refractivity contribution is 6.74. The van der Waals surface area contributed by atoms with Crippen molar-refractivity contribution in [2.75, 3.05) is 0 Å². The summed E-state index contributed by atoms with van der Waals surface area (Å²) < 4.78 is 24.6. The van der Waals surface area contributed by atoms with Crippen LogP contribution in [0.4, 0.5) is 0 Å². The molecule has 8 heteroatoms. The predicted molar refractivity (Wildman–Crippen MR) is 161 cm³/mol. The number of hydrogen-bond donors (Lipinski definition) is 1. The summed E-state index contributed by atoms with van der Waals surface area (Å²) in [4.78, 5) is 26.0. The highest BCUT2D eigenvalue weighted by atomic mass is 28.4. The van der Waals surface area contributed by atoms with Crippen molar-refractivity contribution in [3.63, 3.8) is 0 Å². The monoisotopic (exact) mass is 578 g/mol. The first kappa shape index (κ1) is 34.6. The molecule has 1 saturated heterocycles. The molecule has 1 aromatic rings. The predicted octanol–water partition coefficient (Wildman–Crippen LogP) is 6.78. The van der Waals surface area contributed by atoms with Crippen LogP contribution in [-0.2, 0) is 23.4 Å². The van der Waals surface area contributed by atoms with Gasteiger partial charge < -0.3 is 23.7 Å². The Bertz CT molecular complexity index is 971. The highest BCUT2D eigenvalue weighted by Crippen LogP contribution is 2.39. The first-order valence-corrected chi connectivity index (χ1v) is 17.7. The first-order chi connectivity index (χ1) is 18.3. The third-order valence-electron chi connectivity index (χ3n) is 8.82. The normalized spacial score (nSPS) is 25.4. The lowest BCUT2D eigenvalue weighted by atomic mass is 9.83. The fourth-order valence-electron chi connectivity index (χ4n) is 5.16. The van der Waals surface area contributed by atoms with Gasteiger partial charge in [0.2, 0.25) is 0 Å². The molecule has 1 aliphatic rings. The van der Waals surface area contributed by atoms with Crippen LogP contribution in [0.2, 0.25) is 18.1 Å². The van der Waals surface area contributed by atoms with Gasteiger partial charge in [0.1, 0.15) is 18.0 Å². The van der Waals surface area contributed by atoms with Crippen LogP contribution in [0.25, 0.3) is 0 Å². The number of aliphatic hydroxyl groups is 1. The maximum Gasteiger partial charge on any atom is 0.338 e. The van der Waals surface area contributed by atoms with E-state index in [9.17, 15) is 14.7 Å². The van der Waals surface area contributed by atoms with E-state index in [1.165, 1.54) is 0 Å². The number of ketones is 1. The van der Waals surface area contributed by atoms with Gasteiger partial charge in [-0.05, 0) is 70.8 Å². The van der Waals surface area contributed by atoms with E-state index in [2.05, 4.69) is 33.9 Å². The summed E-state index contributed by atoms with van der Waals surface area (Å²) in [6.45, 7) is 24.0. The molecule has 0 amide bonds. The van der Waals surface area contributed by atoms with E-state index in [-0.39, 0.29) is 40.8 Å². The molecule has 2 rings (SSSR count). The summed E-state index contributed by atoms with van der Waals surface area (Å²) in [5.41, 5.74) is 0.498. The number of hydrogen-bond acceptors (Lipinski definition) is 7. The zero-order chi connectivity index (χ0) is 30.6.